The summed E-state index contributed by atoms with van der Waals surface area (Å²) >= 11 is 0. The van der Waals surface area contributed by atoms with Crippen molar-refractivity contribution in [1.82, 2.24) is 15.1 Å². The summed E-state index contributed by atoms with van der Waals surface area (Å²) in [7, 11) is 1.58. The molecule has 1 N–H and O–H groups in total. The molecule has 1 atom stereocenters. The fraction of sp³-hybridized carbons (Fsp3) is 0.625. The zero-order chi connectivity index (χ0) is 23.0. The topological polar surface area (TPSA) is 79.0 Å². The molecular weight excluding hydrogens is 394 g/mol. The highest BCUT2D eigenvalue weighted by Crippen LogP contribution is 2.24. The van der Waals surface area contributed by atoms with Crippen molar-refractivity contribution >= 4 is 17.7 Å². The number of hydrogen-bond acceptors (Lipinski definition) is 4. The highest BCUT2D eigenvalue weighted by atomic mass is 16.5. The van der Waals surface area contributed by atoms with Crippen LogP contribution in [0.2, 0.25) is 0 Å². The molecule has 0 saturated carbocycles. The Morgan fingerprint density at radius 2 is 1.81 bits per heavy atom. The van der Waals surface area contributed by atoms with Gasteiger partial charge in [-0.15, -0.1) is 0 Å². The number of ether oxygens (including phenoxy) is 1. The average molecular weight is 432 g/mol. The van der Waals surface area contributed by atoms with Gasteiger partial charge in [0.25, 0.3) is 5.91 Å². The minimum Gasteiger partial charge on any atom is -0.497 e. The van der Waals surface area contributed by atoms with Crippen LogP contribution in [0.4, 0.5) is 0 Å². The first-order valence-corrected chi connectivity index (χ1v) is 11.3. The molecule has 1 heterocycles. The van der Waals surface area contributed by atoms with Crippen molar-refractivity contribution in [3.63, 3.8) is 0 Å². The monoisotopic (exact) mass is 431 g/mol. The molecule has 1 aliphatic rings. The van der Waals surface area contributed by atoms with E-state index in [4.69, 9.17) is 4.74 Å². The highest BCUT2D eigenvalue weighted by molar-refractivity contribution is 5.94. The van der Waals surface area contributed by atoms with Crippen LogP contribution in [0.25, 0.3) is 0 Å². The number of methoxy groups -OCH3 is 1. The van der Waals surface area contributed by atoms with Gasteiger partial charge >= 0.3 is 0 Å². The Morgan fingerprint density at radius 1 is 1.16 bits per heavy atom. The second-order valence-corrected chi connectivity index (χ2v) is 8.52. The summed E-state index contributed by atoms with van der Waals surface area (Å²) in [5.41, 5.74) is 0.596. The summed E-state index contributed by atoms with van der Waals surface area (Å²) in [6.07, 6.45) is 1.75. The first-order valence-electron chi connectivity index (χ1n) is 11.3. The van der Waals surface area contributed by atoms with Crippen molar-refractivity contribution in [1.29, 1.82) is 0 Å². The van der Waals surface area contributed by atoms with Crippen molar-refractivity contribution < 1.29 is 19.1 Å². The standard InChI is InChI=1S/C24H37N3O4/c1-6-26(7-2)24(30)22(25-21(28)15-17(3)4)18-11-13-27(14-12-18)23(29)19-9-8-10-20(16-19)31-5/h8-10,16-18,22H,6-7,11-15H2,1-5H3,(H,25,28). The van der Waals surface area contributed by atoms with E-state index in [2.05, 4.69) is 5.32 Å². The molecule has 1 aliphatic heterocycles. The quantitative estimate of drug-likeness (QED) is 0.652. The SMILES string of the molecule is CCN(CC)C(=O)C(NC(=O)CC(C)C)C1CCN(C(=O)c2cccc(OC)c2)CC1. The smallest absolute Gasteiger partial charge is 0.253 e. The number of carbonyl (C=O) groups excluding carboxylic acids is 3. The van der Waals surface area contributed by atoms with E-state index in [1.807, 2.05) is 44.7 Å². The largest absolute Gasteiger partial charge is 0.497 e. The molecule has 1 aromatic carbocycles. The molecule has 1 aromatic rings. The third-order valence-corrected chi connectivity index (χ3v) is 5.87. The molecule has 7 heteroatoms. The summed E-state index contributed by atoms with van der Waals surface area (Å²) in [6.45, 7) is 10.2. The van der Waals surface area contributed by atoms with E-state index in [-0.39, 0.29) is 29.6 Å². The minimum atomic E-state index is -0.541. The number of rotatable bonds is 9. The zero-order valence-electron chi connectivity index (χ0n) is 19.5. The Balaban J connectivity index is 2.08. The van der Waals surface area contributed by atoms with Gasteiger partial charge < -0.3 is 19.9 Å². The lowest BCUT2D eigenvalue weighted by Crippen LogP contribution is -2.54. The van der Waals surface area contributed by atoms with Crippen LogP contribution in [0.3, 0.4) is 0 Å². The van der Waals surface area contributed by atoms with Crippen LogP contribution >= 0.6 is 0 Å². The molecule has 0 bridgehead atoms. The van der Waals surface area contributed by atoms with Crippen molar-refractivity contribution in [2.75, 3.05) is 33.3 Å². The fourth-order valence-corrected chi connectivity index (χ4v) is 4.09. The van der Waals surface area contributed by atoms with Crippen molar-refractivity contribution in [2.24, 2.45) is 11.8 Å². The number of amides is 3. The molecule has 1 saturated heterocycles. The Kier molecular flexibility index (Phi) is 9.34. The van der Waals surface area contributed by atoms with Gasteiger partial charge in [-0.05, 0) is 56.7 Å². The predicted molar refractivity (Wildman–Crippen MR) is 121 cm³/mol. The maximum atomic E-state index is 13.2. The van der Waals surface area contributed by atoms with Crippen LogP contribution in [-0.2, 0) is 9.59 Å². The Morgan fingerprint density at radius 3 is 2.35 bits per heavy atom. The van der Waals surface area contributed by atoms with E-state index >= 15 is 0 Å². The molecule has 0 aromatic heterocycles. The lowest BCUT2D eigenvalue weighted by molar-refractivity contribution is -0.138. The summed E-state index contributed by atoms with van der Waals surface area (Å²) in [4.78, 5) is 42.1. The van der Waals surface area contributed by atoms with Gasteiger partial charge in [-0.3, -0.25) is 14.4 Å². The van der Waals surface area contributed by atoms with Crippen LogP contribution in [-0.4, -0.2) is 66.9 Å². The van der Waals surface area contributed by atoms with E-state index in [0.717, 1.165) is 0 Å². The Labute approximate surface area is 186 Å². The van der Waals surface area contributed by atoms with Gasteiger partial charge in [-0.1, -0.05) is 19.9 Å². The number of hydrogen-bond donors (Lipinski definition) is 1. The molecule has 0 spiro atoms. The number of likely N-dealkylation sites (N-methyl/N-ethyl adjacent to an activating group) is 1. The third kappa shape index (κ3) is 6.71. The van der Waals surface area contributed by atoms with Gasteiger partial charge in [0, 0.05) is 38.2 Å². The fourth-order valence-electron chi connectivity index (χ4n) is 4.09. The van der Waals surface area contributed by atoms with E-state index < -0.39 is 6.04 Å². The number of likely N-dealkylation sites (tertiary alicyclic amines) is 1. The van der Waals surface area contributed by atoms with E-state index in [1.165, 1.54) is 0 Å². The van der Waals surface area contributed by atoms with E-state index in [0.29, 0.717) is 56.8 Å². The number of nitrogens with one attached hydrogen (secondary N) is 1. The predicted octanol–water partition coefficient (Wildman–Crippen LogP) is 2.95. The van der Waals surface area contributed by atoms with Crippen molar-refractivity contribution in [3.8, 4) is 5.75 Å². The van der Waals surface area contributed by atoms with Gasteiger partial charge in [-0.25, -0.2) is 0 Å². The molecule has 0 aliphatic carbocycles. The Bertz CT molecular complexity index is 753. The minimum absolute atomic E-state index is 0.0126. The number of piperidine rings is 1. The normalized spacial score (nSPS) is 15.5. The third-order valence-electron chi connectivity index (χ3n) is 5.87. The lowest BCUT2D eigenvalue weighted by atomic mass is 9.87. The maximum Gasteiger partial charge on any atom is 0.253 e. The summed E-state index contributed by atoms with van der Waals surface area (Å²) in [6, 6.07) is 6.61. The first kappa shape index (κ1) is 24.7. The van der Waals surface area contributed by atoms with E-state index in [9.17, 15) is 14.4 Å². The van der Waals surface area contributed by atoms with Crippen LogP contribution in [0, 0.1) is 11.8 Å². The van der Waals surface area contributed by atoms with Crippen LogP contribution in [0.15, 0.2) is 24.3 Å². The summed E-state index contributed by atoms with van der Waals surface area (Å²) in [5.74, 6) is 0.742. The van der Waals surface area contributed by atoms with Gasteiger partial charge in [0.2, 0.25) is 11.8 Å². The summed E-state index contributed by atoms with van der Waals surface area (Å²) in [5, 5.41) is 3.01. The molecule has 3 amide bonds. The van der Waals surface area contributed by atoms with Crippen LogP contribution < -0.4 is 10.1 Å². The lowest BCUT2D eigenvalue weighted by Gasteiger charge is -2.37. The first-order chi connectivity index (χ1) is 14.8. The van der Waals surface area contributed by atoms with Gasteiger partial charge in [0.15, 0.2) is 0 Å². The number of nitrogens with zero attached hydrogens (tertiary/aromatic N) is 2. The zero-order valence-corrected chi connectivity index (χ0v) is 19.5. The molecule has 0 radical (unpaired) electrons. The molecule has 2 rings (SSSR count). The van der Waals surface area contributed by atoms with Crippen LogP contribution in [0.1, 0.15) is 57.3 Å². The van der Waals surface area contributed by atoms with Crippen molar-refractivity contribution in [2.45, 2.75) is 53.0 Å². The highest BCUT2D eigenvalue weighted by Gasteiger charge is 2.35. The molecule has 1 unspecified atom stereocenters. The number of benzene rings is 1. The van der Waals surface area contributed by atoms with Gasteiger partial charge in [0.05, 0.1) is 7.11 Å². The van der Waals surface area contributed by atoms with Crippen LogP contribution in [0.5, 0.6) is 5.75 Å². The summed E-state index contributed by atoms with van der Waals surface area (Å²) < 4.78 is 5.22. The second-order valence-electron chi connectivity index (χ2n) is 8.52. The van der Waals surface area contributed by atoms with Gasteiger partial charge in [-0.2, -0.15) is 0 Å². The average Bonchev–Trinajstić information content (AvgIpc) is 2.77. The number of carbonyl (C=O) groups is 3. The maximum absolute atomic E-state index is 13.2. The Hall–Kier alpha value is -2.57. The van der Waals surface area contributed by atoms with E-state index in [1.54, 1.807) is 24.1 Å². The molecular formula is C24H37N3O4. The molecule has 31 heavy (non-hydrogen) atoms. The molecule has 7 nitrogen and oxygen atoms in total. The molecule has 1 fully saturated rings. The molecule has 172 valence electrons. The second kappa shape index (κ2) is 11.7. The van der Waals surface area contributed by atoms with Crippen molar-refractivity contribution in [3.05, 3.63) is 29.8 Å². The van der Waals surface area contributed by atoms with Gasteiger partial charge in [0.1, 0.15) is 11.8 Å².